The van der Waals surface area contributed by atoms with Crippen LogP contribution in [0.4, 0.5) is 11.4 Å². The van der Waals surface area contributed by atoms with E-state index in [2.05, 4.69) is 45.1 Å². The summed E-state index contributed by atoms with van der Waals surface area (Å²) in [4.78, 5) is 19.7. The van der Waals surface area contributed by atoms with Crippen LogP contribution in [0.1, 0.15) is 37.4 Å². The van der Waals surface area contributed by atoms with Gasteiger partial charge in [0.1, 0.15) is 6.29 Å². The first-order chi connectivity index (χ1) is 13.0. The average Bonchev–Trinajstić information content (AvgIpc) is 3.00. The van der Waals surface area contributed by atoms with Gasteiger partial charge in [-0.25, -0.2) is 0 Å². The molecule has 0 fully saturated rings. The van der Waals surface area contributed by atoms with Crippen LogP contribution in [0.3, 0.4) is 0 Å². The van der Waals surface area contributed by atoms with Crippen LogP contribution in [-0.4, -0.2) is 16.3 Å². The normalized spacial score (nSPS) is 18.0. The zero-order valence-electron chi connectivity index (χ0n) is 15.4. The summed E-state index contributed by atoms with van der Waals surface area (Å²) < 4.78 is 0.986. The van der Waals surface area contributed by atoms with E-state index in [1.165, 1.54) is 0 Å². The number of carbonyl (C=O) groups excluding carboxylic acids is 1. The number of hydrogen-bond donors (Lipinski definition) is 2. The largest absolute Gasteiger partial charge is 0.356 e. The molecular formula is C22H22BrN3O. The fraction of sp³-hybridized carbons (Fsp3) is 0.273. The van der Waals surface area contributed by atoms with Gasteiger partial charge in [0, 0.05) is 39.6 Å². The Bertz CT molecular complexity index is 978. The van der Waals surface area contributed by atoms with E-state index in [1.54, 1.807) is 12.4 Å². The maximum Gasteiger partial charge on any atom is 0.127 e. The number of fused-ring (bicyclic) bond motifs is 1. The second kappa shape index (κ2) is 6.97. The Morgan fingerprint density at radius 1 is 1.22 bits per heavy atom. The van der Waals surface area contributed by atoms with Gasteiger partial charge >= 0.3 is 0 Å². The summed E-state index contributed by atoms with van der Waals surface area (Å²) in [5, 5.41) is 3.58. The molecule has 0 aliphatic heterocycles. The first-order valence-electron chi connectivity index (χ1n) is 9.10. The van der Waals surface area contributed by atoms with E-state index >= 15 is 0 Å². The quantitative estimate of drug-likeness (QED) is 0.518. The van der Waals surface area contributed by atoms with Gasteiger partial charge in [-0.15, -0.1) is 0 Å². The number of aldehydes is 1. The standard InChI is InChI=1S/C22H22BrN3O/c1-22(2)11-15(13-27)19-18(12-22)26-20(14-7-9-24-10-8-14)21(19)25-17-6-4-3-5-16(17)23/h3-10,13,15,25-26H,11-12H2,1-2H3. The van der Waals surface area contributed by atoms with Gasteiger partial charge in [-0.3, -0.25) is 4.98 Å². The summed E-state index contributed by atoms with van der Waals surface area (Å²) in [5.41, 5.74) is 6.33. The molecule has 1 aliphatic rings. The van der Waals surface area contributed by atoms with E-state index in [-0.39, 0.29) is 11.3 Å². The summed E-state index contributed by atoms with van der Waals surface area (Å²) >= 11 is 3.62. The van der Waals surface area contributed by atoms with Gasteiger partial charge in [0.05, 0.1) is 17.1 Å². The number of nitrogens with one attached hydrogen (secondary N) is 2. The van der Waals surface area contributed by atoms with Crippen molar-refractivity contribution in [3.8, 4) is 11.3 Å². The van der Waals surface area contributed by atoms with Crippen molar-refractivity contribution in [1.29, 1.82) is 0 Å². The van der Waals surface area contributed by atoms with Crippen molar-refractivity contribution in [3.63, 3.8) is 0 Å². The Morgan fingerprint density at radius 3 is 2.67 bits per heavy atom. The summed E-state index contributed by atoms with van der Waals surface area (Å²) in [7, 11) is 0. The molecule has 5 heteroatoms. The lowest BCUT2D eigenvalue weighted by Crippen LogP contribution is -2.26. The number of hydrogen-bond acceptors (Lipinski definition) is 3. The SMILES string of the molecule is CC1(C)Cc2[nH]c(-c3ccncc3)c(Nc3ccccc3Br)c2C(C=O)C1. The Balaban J connectivity index is 1.91. The van der Waals surface area contributed by atoms with Crippen LogP contribution in [0.15, 0.2) is 53.3 Å². The minimum Gasteiger partial charge on any atom is -0.356 e. The van der Waals surface area contributed by atoms with Crippen molar-refractivity contribution in [2.24, 2.45) is 5.41 Å². The van der Waals surface area contributed by atoms with Crippen molar-refractivity contribution in [3.05, 3.63) is 64.5 Å². The molecule has 4 nitrogen and oxygen atoms in total. The van der Waals surface area contributed by atoms with E-state index in [0.717, 1.165) is 57.5 Å². The van der Waals surface area contributed by atoms with Crippen LogP contribution < -0.4 is 5.32 Å². The molecule has 0 amide bonds. The van der Waals surface area contributed by atoms with Gasteiger partial charge < -0.3 is 15.1 Å². The third-order valence-corrected chi connectivity index (χ3v) is 5.88. The summed E-state index contributed by atoms with van der Waals surface area (Å²) in [6.45, 7) is 4.44. The number of aromatic amines is 1. The van der Waals surface area contributed by atoms with Crippen molar-refractivity contribution < 1.29 is 4.79 Å². The average molecular weight is 424 g/mol. The number of benzene rings is 1. The molecule has 138 valence electrons. The summed E-state index contributed by atoms with van der Waals surface area (Å²) in [6.07, 6.45) is 6.44. The van der Waals surface area contributed by atoms with Gasteiger partial charge in [-0.05, 0) is 58.5 Å². The molecule has 4 rings (SSSR count). The highest BCUT2D eigenvalue weighted by Crippen LogP contribution is 2.48. The molecule has 1 aromatic carbocycles. The first-order valence-corrected chi connectivity index (χ1v) is 9.90. The zero-order chi connectivity index (χ0) is 19.0. The molecule has 0 saturated carbocycles. The Kier molecular flexibility index (Phi) is 4.64. The second-order valence-electron chi connectivity index (χ2n) is 7.90. The lowest BCUT2D eigenvalue weighted by Gasteiger charge is -2.33. The molecule has 1 aliphatic carbocycles. The van der Waals surface area contributed by atoms with E-state index in [1.807, 2.05) is 36.4 Å². The highest BCUT2D eigenvalue weighted by atomic mass is 79.9. The number of anilines is 2. The molecule has 27 heavy (non-hydrogen) atoms. The third-order valence-electron chi connectivity index (χ3n) is 5.19. The predicted molar refractivity (Wildman–Crippen MR) is 112 cm³/mol. The molecule has 0 bridgehead atoms. The van der Waals surface area contributed by atoms with Crippen molar-refractivity contribution in [1.82, 2.24) is 9.97 Å². The van der Waals surface area contributed by atoms with Gasteiger partial charge in [-0.1, -0.05) is 26.0 Å². The molecule has 1 unspecified atom stereocenters. The van der Waals surface area contributed by atoms with Crippen molar-refractivity contribution in [2.75, 3.05) is 5.32 Å². The molecule has 3 aromatic rings. The van der Waals surface area contributed by atoms with E-state index in [9.17, 15) is 4.79 Å². The van der Waals surface area contributed by atoms with E-state index < -0.39 is 0 Å². The van der Waals surface area contributed by atoms with Gasteiger partial charge in [0.2, 0.25) is 0 Å². The number of nitrogens with zero attached hydrogens (tertiary/aromatic N) is 1. The second-order valence-corrected chi connectivity index (χ2v) is 8.75. The monoisotopic (exact) mass is 423 g/mol. The summed E-state index contributed by atoms with van der Waals surface area (Å²) in [5.74, 6) is -0.124. The molecule has 2 heterocycles. The molecule has 2 N–H and O–H groups in total. The van der Waals surface area contributed by atoms with Gasteiger partial charge in [0.25, 0.3) is 0 Å². The van der Waals surface area contributed by atoms with Crippen LogP contribution in [0.2, 0.25) is 0 Å². The van der Waals surface area contributed by atoms with E-state index in [4.69, 9.17) is 0 Å². The fourth-order valence-corrected chi connectivity index (χ4v) is 4.43. The van der Waals surface area contributed by atoms with Crippen LogP contribution >= 0.6 is 15.9 Å². The van der Waals surface area contributed by atoms with Crippen LogP contribution in [0, 0.1) is 5.41 Å². The minimum atomic E-state index is -0.124. The number of para-hydroxylation sites is 1. The number of rotatable bonds is 4. The molecule has 2 aromatic heterocycles. The van der Waals surface area contributed by atoms with Crippen LogP contribution in [-0.2, 0) is 11.2 Å². The number of H-pyrrole nitrogens is 1. The fourth-order valence-electron chi connectivity index (χ4n) is 4.04. The zero-order valence-corrected chi connectivity index (χ0v) is 17.0. The highest BCUT2D eigenvalue weighted by Gasteiger charge is 2.36. The maximum atomic E-state index is 12.0. The molecule has 1 atom stereocenters. The van der Waals surface area contributed by atoms with E-state index in [0.29, 0.717) is 0 Å². The van der Waals surface area contributed by atoms with Gasteiger partial charge in [0.15, 0.2) is 0 Å². The molecule has 0 saturated heterocycles. The number of pyridine rings is 1. The third kappa shape index (κ3) is 3.44. The molecular weight excluding hydrogens is 402 g/mol. The lowest BCUT2D eigenvalue weighted by atomic mass is 9.71. The molecule has 0 radical (unpaired) electrons. The Morgan fingerprint density at radius 2 is 1.96 bits per heavy atom. The molecule has 0 spiro atoms. The van der Waals surface area contributed by atoms with Gasteiger partial charge in [-0.2, -0.15) is 0 Å². The first kappa shape index (κ1) is 18.0. The Hall–Kier alpha value is -2.40. The lowest BCUT2D eigenvalue weighted by molar-refractivity contribution is -0.109. The Labute approximate surface area is 167 Å². The van der Waals surface area contributed by atoms with Crippen LogP contribution in [0.25, 0.3) is 11.3 Å². The van der Waals surface area contributed by atoms with Crippen molar-refractivity contribution >= 4 is 33.6 Å². The number of carbonyl (C=O) groups is 1. The summed E-state index contributed by atoms with van der Waals surface area (Å²) in [6, 6.07) is 12.0. The topological polar surface area (TPSA) is 57.8 Å². The smallest absolute Gasteiger partial charge is 0.127 e. The number of aromatic nitrogens is 2. The number of halogens is 1. The van der Waals surface area contributed by atoms with Crippen molar-refractivity contribution in [2.45, 2.75) is 32.6 Å². The highest BCUT2D eigenvalue weighted by molar-refractivity contribution is 9.10. The maximum absolute atomic E-state index is 12.0. The predicted octanol–water partition coefficient (Wildman–Crippen LogP) is 5.84. The minimum absolute atomic E-state index is 0.0868. The van der Waals surface area contributed by atoms with Crippen LogP contribution in [0.5, 0.6) is 0 Å².